The number of nitrogens with one attached hydrogen (secondary N) is 2. The topological polar surface area (TPSA) is 105 Å². The average molecular weight is 565 g/mol. The van der Waals surface area contributed by atoms with E-state index in [1.54, 1.807) is 0 Å². The molecule has 0 aromatic heterocycles. The molecule has 7 nitrogen and oxygen atoms in total. The molecule has 1 aliphatic rings. The number of hydrogen-bond donors (Lipinski definition) is 3. The summed E-state index contributed by atoms with van der Waals surface area (Å²) in [6.07, 6.45) is 15.6. The van der Waals surface area contributed by atoms with Crippen molar-refractivity contribution in [1.82, 2.24) is 10.6 Å². The zero-order valence-electron chi connectivity index (χ0n) is 24.7. The second kappa shape index (κ2) is 18.2. The first-order valence-electron chi connectivity index (χ1n) is 15.6. The van der Waals surface area contributed by atoms with Crippen molar-refractivity contribution in [3.63, 3.8) is 0 Å². The van der Waals surface area contributed by atoms with Crippen molar-refractivity contribution in [2.24, 2.45) is 0 Å². The van der Waals surface area contributed by atoms with E-state index in [0.717, 1.165) is 41.5 Å². The monoisotopic (exact) mass is 564 g/mol. The van der Waals surface area contributed by atoms with Gasteiger partial charge in [-0.1, -0.05) is 133 Å². The lowest BCUT2D eigenvalue weighted by molar-refractivity contribution is -0.139. The van der Waals surface area contributed by atoms with E-state index in [9.17, 15) is 19.5 Å². The molecule has 3 N–H and O–H groups in total. The molecule has 2 amide bonds. The average Bonchev–Trinajstić information content (AvgIpc) is 3.30. The highest BCUT2D eigenvalue weighted by Crippen LogP contribution is 2.44. The van der Waals surface area contributed by atoms with Crippen LogP contribution < -0.4 is 10.6 Å². The molecule has 2 aromatic carbocycles. The van der Waals surface area contributed by atoms with Gasteiger partial charge in [0.05, 0.1) is 0 Å². The third-order valence-corrected chi connectivity index (χ3v) is 7.94. The Hall–Kier alpha value is -3.35. The molecule has 0 radical (unpaired) electrons. The van der Waals surface area contributed by atoms with Crippen LogP contribution in [-0.2, 0) is 14.3 Å². The van der Waals surface area contributed by atoms with Crippen LogP contribution in [-0.4, -0.2) is 42.3 Å². The number of carbonyl (C=O) groups is 3. The van der Waals surface area contributed by atoms with Crippen molar-refractivity contribution in [3.05, 3.63) is 59.7 Å². The smallest absolute Gasteiger partial charge is 0.407 e. The third kappa shape index (κ3) is 10.9. The quantitative estimate of drug-likeness (QED) is 0.144. The highest BCUT2D eigenvalue weighted by molar-refractivity contribution is 5.82. The number of aliphatic carboxylic acids is 1. The molecule has 0 spiro atoms. The van der Waals surface area contributed by atoms with Crippen molar-refractivity contribution in [3.8, 4) is 11.1 Å². The van der Waals surface area contributed by atoms with Gasteiger partial charge < -0.3 is 20.5 Å². The highest BCUT2D eigenvalue weighted by atomic mass is 16.5. The zero-order chi connectivity index (χ0) is 29.3. The van der Waals surface area contributed by atoms with E-state index >= 15 is 0 Å². The molecule has 2 aromatic rings. The second-order valence-electron chi connectivity index (χ2n) is 11.2. The minimum atomic E-state index is -1.26. The summed E-state index contributed by atoms with van der Waals surface area (Å²) in [4.78, 5) is 36.4. The summed E-state index contributed by atoms with van der Waals surface area (Å²) in [5, 5.41) is 14.6. The van der Waals surface area contributed by atoms with Crippen LogP contribution in [0.15, 0.2) is 48.5 Å². The lowest BCUT2D eigenvalue weighted by Gasteiger charge is -2.18. The van der Waals surface area contributed by atoms with Crippen LogP contribution in [0.1, 0.15) is 114 Å². The number of amides is 2. The van der Waals surface area contributed by atoms with Gasteiger partial charge in [0.25, 0.3) is 0 Å². The Morgan fingerprint density at radius 3 is 1.76 bits per heavy atom. The number of unbranched alkanes of at least 4 members (excludes halogenated alkanes) is 12. The van der Waals surface area contributed by atoms with E-state index in [1.807, 2.05) is 36.4 Å². The van der Waals surface area contributed by atoms with Crippen LogP contribution in [0.4, 0.5) is 4.79 Å². The van der Waals surface area contributed by atoms with Crippen molar-refractivity contribution in [1.29, 1.82) is 0 Å². The number of carboxylic acid groups (broad SMARTS) is 1. The number of benzene rings is 2. The molecule has 0 bridgehead atoms. The van der Waals surface area contributed by atoms with Crippen molar-refractivity contribution in [2.45, 2.75) is 109 Å². The van der Waals surface area contributed by atoms with E-state index in [4.69, 9.17) is 4.74 Å². The summed E-state index contributed by atoms with van der Waals surface area (Å²) >= 11 is 0. The van der Waals surface area contributed by atoms with Crippen LogP contribution in [0.25, 0.3) is 11.1 Å². The summed E-state index contributed by atoms with van der Waals surface area (Å²) in [6, 6.07) is 14.8. The Kier molecular flexibility index (Phi) is 14.2. The Bertz CT molecular complexity index is 1060. The molecule has 0 saturated heterocycles. The fraction of sp³-hybridized carbons (Fsp3) is 0.559. The molecule has 7 heteroatoms. The molecule has 1 atom stereocenters. The normalized spacial score (nSPS) is 12.8. The molecule has 0 heterocycles. The fourth-order valence-corrected chi connectivity index (χ4v) is 5.59. The molecular formula is C34H48N2O5. The molecule has 3 rings (SSSR count). The summed E-state index contributed by atoms with van der Waals surface area (Å²) in [7, 11) is 0. The summed E-state index contributed by atoms with van der Waals surface area (Å²) in [5.41, 5.74) is 4.40. The maximum absolute atomic E-state index is 12.5. The first kappa shape index (κ1) is 32.2. The minimum absolute atomic E-state index is 0.0948. The molecule has 41 heavy (non-hydrogen) atoms. The van der Waals surface area contributed by atoms with E-state index < -0.39 is 18.1 Å². The zero-order valence-corrected chi connectivity index (χ0v) is 24.7. The summed E-state index contributed by atoms with van der Waals surface area (Å²) in [5.74, 6) is -1.54. The van der Waals surface area contributed by atoms with Crippen molar-refractivity contribution < 1.29 is 24.2 Å². The number of fused-ring (bicyclic) bond motifs is 3. The van der Waals surface area contributed by atoms with Gasteiger partial charge in [-0.05, 0) is 28.7 Å². The predicted octanol–water partition coefficient (Wildman–Crippen LogP) is 7.58. The second-order valence-corrected chi connectivity index (χ2v) is 11.2. The number of carbonyl (C=O) groups excluding carboxylic acids is 2. The van der Waals surface area contributed by atoms with Gasteiger partial charge in [0, 0.05) is 18.9 Å². The van der Waals surface area contributed by atoms with Crippen LogP contribution in [0.5, 0.6) is 0 Å². The standard InChI is InChI=1S/C34H48N2O5/c1-2-3-4-5-6-7-8-9-10-11-12-13-14-23-32(37)35-24-31(33(38)39)36-34(40)41-25-30-28-21-17-15-19-26(28)27-20-16-18-22-29(27)30/h15-22,30-31H,2-14,23-25H2,1H3,(H,35,37)(H,36,40)(H,38,39)/t31-/m0/s1. The Morgan fingerprint density at radius 1 is 0.756 bits per heavy atom. The maximum Gasteiger partial charge on any atom is 0.407 e. The lowest BCUT2D eigenvalue weighted by atomic mass is 9.98. The fourth-order valence-electron chi connectivity index (χ4n) is 5.59. The van der Waals surface area contributed by atoms with Crippen molar-refractivity contribution >= 4 is 18.0 Å². The molecule has 0 saturated carbocycles. The van der Waals surface area contributed by atoms with Crippen LogP contribution in [0, 0.1) is 0 Å². The lowest BCUT2D eigenvalue weighted by Crippen LogP contribution is -2.48. The third-order valence-electron chi connectivity index (χ3n) is 7.94. The van der Waals surface area contributed by atoms with Crippen LogP contribution in [0.2, 0.25) is 0 Å². The van der Waals surface area contributed by atoms with Gasteiger partial charge >= 0.3 is 12.1 Å². The van der Waals surface area contributed by atoms with E-state index in [1.165, 1.54) is 64.2 Å². The van der Waals surface area contributed by atoms with Crippen molar-refractivity contribution in [2.75, 3.05) is 13.2 Å². The Labute approximate surface area is 245 Å². The number of rotatable bonds is 20. The first-order chi connectivity index (χ1) is 20.0. The van der Waals surface area contributed by atoms with E-state index in [0.29, 0.717) is 6.42 Å². The molecule has 0 fully saturated rings. The van der Waals surface area contributed by atoms with Gasteiger partial charge in [-0.15, -0.1) is 0 Å². The molecular weight excluding hydrogens is 516 g/mol. The maximum atomic E-state index is 12.5. The largest absolute Gasteiger partial charge is 0.480 e. The van der Waals surface area contributed by atoms with Gasteiger partial charge in [-0.3, -0.25) is 4.79 Å². The number of carboxylic acids is 1. The number of ether oxygens (including phenoxy) is 1. The predicted molar refractivity (Wildman–Crippen MR) is 163 cm³/mol. The van der Waals surface area contributed by atoms with Gasteiger partial charge in [-0.2, -0.15) is 0 Å². The van der Waals surface area contributed by atoms with E-state index in [2.05, 4.69) is 29.7 Å². The SMILES string of the molecule is CCCCCCCCCCCCCCCC(=O)NC[C@H](NC(=O)OCC1c2ccccc2-c2ccccc21)C(=O)O. The van der Waals surface area contributed by atoms with Gasteiger partial charge in [0.1, 0.15) is 12.6 Å². The first-order valence-corrected chi connectivity index (χ1v) is 15.6. The molecule has 224 valence electrons. The molecule has 1 aliphatic carbocycles. The van der Waals surface area contributed by atoms with E-state index in [-0.39, 0.29) is 25.0 Å². The summed E-state index contributed by atoms with van der Waals surface area (Å²) < 4.78 is 5.45. The Balaban J connectivity index is 1.27. The summed E-state index contributed by atoms with van der Waals surface area (Å²) in [6.45, 7) is 2.16. The molecule has 0 unspecified atom stereocenters. The number of hydrogen-bond acceptors (Lipinski definition) is 4. The van der Waals surface area contributed by atoms with Gasteiger partial charge in [-0.25, -0.2) is 9.59 Å². The number of alkyl carbamates (subject to hydrolysis) is 1. The van der Waals surface area contributed by atoms with Crippen LogP contribution in [0.3, 0.4) is 0 Å². The Morgan fingerprint density at radius 2 is 1.24 bits per heavy atom. The molecule has 0 aliphatic heterocycles. The highest BCUT2D eigenvalue weighted by Gasteiger charge is 2.29. The van der Waals surface area contributed by atoms with Gasteiger partial charge in [0.2, 0.25) is 5.91 Å². The minimum Gasteiger partial charge on any atom is -0.480 e. The van der Waals surface area contributed by atoms with Gasteiger partial charge in [0.15, 0.2) is 0 Å². The van der Waals surface area contributed by atoms with Crippen LogP contribution >= 0.6 is 0 Å².